The zero-order chi connectivity index (χ0) is 22.5. The second-order valence-electron chi connectivity index (χ2n) is 6.47. The Morgan fingerprint density at radius 3 is 2.34 bits per heavy atom. The average molecular weight is 484 g/mol. The quantitative estimate of drug-likeness (QED) is 0.222. The van der Waals surface area contributed by atoms with Crippen LogP contribution in [0, 0.1) is 0 Å². The molecule has 160 valence electrons. The van der Waals surface area contributed by atoms with E-state index in [1.165, 1.54) is 10.8 Å². The molecule has 1 aromatic heterocycles. The van der Waals surface area contributed by atoms with Crippen LogP contribution in [0.5, 0.6) is 0 Å². The van der Waals surface area contributed by atoms with Crippen molar-refractivity contribution in [2.24, 2.45) is 5.10 Å². The van der Waals surface area contributed by atoms with Crippen LogP contribution < -0.4 is 15.7 Å². The fourth-order valence-corrected chi connectivity index (χ4v) is 3.56. The number of para-hydroxylation sites is 1. The third-order valence-corrected chi connectivity index (χ3v) is 5.45. The number of carbonyl (C=O) groups is 1. The first kappa shape index (κ1) is 21.9. The largest absolute Gasteiger partial charge is 0.322 e. The van der Waals surface area contributed by atoms with Gasteiger partial charge in [-0.15, -0.1) is 0 Å². The maximum Gasteiger partial charge on any atom is 0.319 e. The Morgan fingerprint density at radius 2 is 1.62 bits per heavy atom. The molecule has 1 heterocycles. The molecule has 1 amide bonds. The van der Waals surface area contributed by atoms with E-state index in [0.717, 1.165) is 11.9 Å². The highest BCUT2D eigenvalue weighted by atomic mass is 35.5. The first-order chi connectivity index (χ1) is 15.5. The molecule has 0 bridgehead atoms. The highest BCUT2D eigenvalue weighted by Crippen LogP contribution is 2.17. The molecule has 4 rings (SSSR count). The molecule has 0 unspecified atom stereocenters. The van der Waals surface area contributed by atoms with Gasteiger partial charge in [0.25, 0.3) is 5.56 Å². The lowest BCUT2D eigenvalue weighted by Gasteiger charge is -2.11. The van der Waals surface area contributed by atoms with Crippen molar-refractivity contribution in [3.63, 3.8) is 0 Å². The summed E-state index contributed by atoms with van der Waals surface area (Å²) < 4.78 is 4.30. The Bertz CT molecular complexity index is 1360. The molecule has 4 aromatic rings. The van der Waals surface area contributed by atoms with Gasteiger partial charge in [-0.2, -0.15) is 5.10 Å². The number of aromatic nitrogens is 2. The van der Waals surface area contributed by atoms with Gasteiger partial charge in [0, 0.05) is 27.7 Å². The van der Waals surface area contributed by atoms with Gasteiger partial charge >= 0.3 is 5.24 Å². The Hall–Kier alpha value is -3.33. The van der Waals surface area contributed by atoms with Crippen LogP contribution in [-0.4, -0.2) is 21.0 Å². The van der Waals surface area contributed by atoms with Crippen molar-refractivity contribution in [1.29, 1.82) is 0 Å². The highest BCUT2D eigenvalue weighted by molar-refractivity contribution is 8.14. The topological polar surface area (TPSA) is 88.4 Å². The molecule has 7 nitrogen and oxygen atoms in total. The molecule has 3 aromatic carbocycles. The molecule has 0 saturated carbocycles. The van der Waals surface area contributed by atoms with Crippen LogP contribution in [0.25, 0.3) is 16.6 Å². The van der Waals surface area contributed by atoms with E-state index >= 15 is 0 Å². The van der Waals surface area contributed by atoms with Gasteiger partial charge < -0.3 is 4.72 Å². The van der Waals surface area contributed by atoms with E-state index in [9.17, 15) is 9.59 Å². The number of hydrogen-bond donors (Lipinski definition) is 2. The number of carbonyl (C=O) groups excluding carboxylic acids is 1. The Morgan fingerprint density at radius 1 is 0.969 bits per heavy atom. The zero-order valence-corrected chi connectivity index (χ0v) is 18.7. The molecule has 10 heteroatoms. The van der Waals surface area contributed by atoms with E-state index < -0.39 is 5.24 Å². The van der Waals surface area contributed by atoms with E-state index in [0.29, 0.717) is 32.3 Å². The van der Waals surface area contributed by atoms with Crippen LogP contribution in [0.4, 0.5) is 10.5 Å². The number of nitrogens with one attached hydrogen (secondary N) is 2. The van der Waals surface area contributed by atoms with Crippen LogP contribution in [-0.2, 0) is 0 Å². The maximum atomic E-state index is 13.1. The van der Waals surface area contributed by atoms with E-state index in [-0.39, 0.29) is 11.4 Å². The van der Waals surface area contributed by atoms with Gasteiger partial charge in [-0.05, 0) is 60.7 Å². The molecule has 0 spiro atoms. The molecule has 0 radical (unpaired) electrons. The number of hydrogen-bond acceptors (Lipinski definition) is 6. The standard InChI is InChI=1S/C22H15Cl2N5O2S/c23-14-5-9-16(10-6-14)28-32-22(31)27-25-13-20-26-19-4-2-1-3-18(19)21(30)29(20)17-11-7-15(24)8-12-17/h1-13,28H,(H,27,31)/b25-13+. The lowest BCUT2D eigenvalue weighted by Crippen LogP contribution is -2.24. The summed E-state index contributed by atoms with van der Waals surface area (Å²) in [7, 11) is 0. The highest BCUT2D eigenvalue weighted by Gasteiger charge is 2.11. The third kappa shape index (κ3) is 5.11. The van der Waals surface area contributed by atoms with Crippen LogP contribution in [0.3, 0.4) is 0 Å². The summed E-state index contributed by atoms with van der Waals surface area (Å²) in [6, 6.07) is 20.7. The van der Waals surface area contributed by atoms with Crippen molar-refractivity contribution in [1.82, 2.24) is 15.0 Å². The number of rotatable bonds is 5. The van der Waals surface area contributed by atoms with Crippen LogP contribution in [0.15, 0.2) is 82.7 Å². The molecule has 0 aliphatic carbocycles. The van der Waals surface area contributed by atoms with Gasteiger partial charge in [0.15, 0.2) is 5.82 Å². The number of fused-ring (bicyclic) bond motifs is 1. The minimum Gasteiger partial charge on any atom is -0.322 e. The van der Waals surface area contributed by atoms with E-state index in [1.54, 1.807) is 72.8 Å². The monoisotopic (exact) mass is 483 g/mol. The van der Waals surface area contributed by atoms with Crippen molar-refractivity contribution in [3.8, 4) is 5.69 Å². The minimum atomic E-state index is -0.447. The predicted octanol–water partition coefficient (Wildman–Crippen LogP) is 5.50. The van der Waals surface area contributed by atoms with Gasteiger partial charge in [0.05, 0.1) is 22.8 Å². The zero-order valence-electron chi connectivity index (χ0n) is 16.3. The van der Waals surface area contributed by atoms with Crippen molar-refractivity contribution >= 4 is 63.2 Å². The maximum absolute atomic E-state index is 13.1. The smallest absolute Gasteiger partial charge is 0.319 e. The van der Waals surface area contributed by atoms with E-state index in [2.05, 4.69) is 20.2 Å². The van der Waals surface area contributed by atoms with Crippen LogP contribution in [0.2, 0.25) is 10.0 Å². The molecule has 0 saturated heterocycles. The van der Waals surface area contributed by atoms with Crippen LogP contribution in [0.1, 0.15) is 5.82 Å². The second kappa shape index (κ2) is 9.86. The third-order valence-electron chi connectivity index (χ3n) is 4.33. The normalized spacial score (nSPS) is 11.1. The summed E-state index contributed by atoms with van der Waals surface area (Å²) in [6.45, 7) is 0. The number of amides is 1. The summed E-state index contributed by atoms with van der Waals surface area (Å²) in [6.07, 6.45) is 1.32. The minimum absolute atomic E-state index is 0.256. The number of hydrazone groups is 1. The number of halogens is 2. The summed E-state index contributed by atoms with van der Waals surface area (Å²) in [4.78, 5) is 29.8. The molecule has 0 atom stereocenters. The molecule has 0 fully saturated rings. The molecule has 32 heavy (non-hydrogen) atoms. The van der Waals surface area contributed by atoms with Gasteiger partial charge in [-0.3, -0.25) is 14.2 Å². The first-order valence-corrected chi connectivity index (χ1v) is 10.9. The van der Waals surface area contributed by atoms with Crippen molar-refractivity contribution in [3.05, 3.63) is 99.0 Å². The molecule has 2 N–H and O–H groups in total. The lowest BCUT2D eigenvalue weighted by molar-refractivity contribution is 0.261. The Balaban J connectivity index is 1.57. The summed E-state index contributed by atoms with van der Waals surface area (Å²) in [5, 5.41) is 5.13. The SMILES string of the molecule is O=C(N/N=C/c1nc2ccccc2c(=O)n1-c1ccc(Cl)cc1)SNc1ccc(Cl)cc1. The average Bonchev–Trinajstić information content (AvgIpc) is 2.80. The molecule has 0 aliphatic rings. The van der Waals surface area contributed by atoms with Gasteiger partial charge in [0.2, 0.25) is 0 Å². The fourth-order valence-electron chi connectivity index (χ4n) is 2.86. The summed E-state index contributed by atoms with van der Waals surface area (Å²) in [5.41, 5.74) is 3.95. The molecular formula is C22H15Cl2N5O2S. The van der Waals surface area contributed by atoms with Gasteiger partial charge in [-0.1, -0.05) is 35.3 Å². The van der Waals surface area contributed by atoms with Crippen molar-refractivity contribution in [2.75, 3.05) is 4.72 Å². The van der Waals surface area contributed by atoms with Crippen molar-refractivity contribution in [2.45, 2.75) is 0 Å². The van der Waals surface area contributed by atoms with E-state index in [1.807, 2.05) is 0 Å². The molecular weight excluding hydrogens is 469 g/mol. The number of anilines is 1. The lowest BCUT2D eigenvalue weighted by atomic mass is 10.2. The predicted molar refractivity (Wildman–Crippen MR) is 131 cm³/mol. The summed E-state index contributed by atoms with van der Waals surface area (Å²) >= 11 is 12.6. The van der Waals surface area contributed by atoms with Gasteiger partial charge in [0.1, 0.15) is 0 Å². The fraction of sp³-hybridized carbons (Fsp3) is 0. The number of benzene rings is 3. The first-order valence-electron chi connectivity index (χ1n) is 9.30. The molecule has 0 aliphatic heterocycles. The number of nitrogens with zero attached hydrogens (tertiary/aromatic N) is 3. The Kier molecular flexibility index (Phi) is 6.75. The second-order valence-corrected chi connectivity index (χ2v) is 8.12. The Labute approximate surface area is 197 Å². The van der Waals surface area contributed by atoms with Crippen molar-refractivity contribution < 1.29 is 4.79 Å². The summed E-state index contributed by atoms with van der Waals surface area (Å²) in [5.74, 6) is 0.256. The van der Waals surface area contributed by atoms with Gasteiger partial charge in [-0.25, -0.2) is 10.4 Å². The van der Waals surface area contributed by atoms with Crippen LogP contribution >= 0.6 is 35.1 Å². The van der Waals surface area contributed by atoms with E-state index in [4.69, 9.17) is 23.2 Å².